The highest BCUT2D eigenvalue weighted by molar-refractivity contribution is 8.00. The molecule has 5 rings (SSSR count). The highest BCUT2D eigenvalue weighted by atomic mass is 32.2. The Labute approximate surface area is 173 Å². The van der Waals surface area contributed by atoms with Crippen LogP contribution < -0.4 is 0 Å². The summed E-state index contributed by atoms with van der Waals surface area (Å²) in [6, 6.07) is 18.1. The Morgan fingerprint density at radius 3 is 2.59 bits per heavy atom. The average molecular weight is 403 g/mol. The molecule has 0 unspecified atom stereocenters. The molecule has 1 atom stereocenters. The molecule has 146 valence electrons. The van der Waals surface area contributed by atoms with E-state index in [0.29, 0.717) is 5.92 Å². The van der Waals surface area contributed by atoms with Crippen LogP contribution >= 0.6 is 11.8 Å². The van der Waals surface area contributed by atoms with Crippen LogP contribution in [0.15, 0.2) is 59.8 Å². The number of rotatable bonds is 6. The Morgan fingerprint density at radius 1 is 1.10 bits per heavy atom. The van der Waals surface area contributed by atoms with E-state index in [-0.39, 0.29) is 11.0 Å². The molecule has 1 aliphatic rings. The number of H-pyrrole nitrogens is 1. The lowest BCUT2D eigenvalue weighted by atomic mass is 10.1. The zero-order valence-corrected chi connectivity index (χ0v) is 17.2. The van der Waals surface area contributed by atoms with E-state index in [9.17, 15) is 4.79 Å². The van der Waals surface area contributed by atoms with E-state index in [1.54, 1.807) is 0 Å². The number of aryl methyl sites for hydroxylation is 1. The number of benzene rings is 2. The number of aromatic amines is 1. The van der Waals surface area contributed by atoms with E-state index in [0.717, 1.165) is 51.7 Å². The normalized spacial score (nSPS) is 15.0. The number of nitrogens with zero attached hydrogens (tertiary/aromatic N) is 3. The van der Waals surface area contributed by atoms with Crippen LogP contribution in [0.5, 0.6) is 0 Å². The summed E-state index contributed by atoms with van der Waals surface area (Å²) < 4.78 is 2.12. The number of nitrogens with one attached hydrogen (secondary N) is 1. The fourth-order valence-corrected chi connectivity index (χ4v) is 4.73. The van der Waals surface area contributed by atoms with Crippen molar-refractivity contribution in [2.45, 2.75) is 43.0 Å². The molecule has 5 nitrogen and oxygen atoms in total. The maximum absolute atomic E-state index is 13.3. The minimum atomic E-state index is -0.272. The summed E-state index contributed by atoms with van der Waals surface area (Å²) in [5, 5.41) is 10.4. The second-order valence-electron chi connectivity index (χ2n) is 7.58. The molecule has 0 saturated heterocycles. The van der Waals surface area contributed by atoms with E-state index in [4.69, 9.17) is 0 Å². The number of fused-ring (bicyclic) bond motifs is 1. The smallest absolute Gasteiger partial charge is 0.196 e. The molecule has 1 aliphatic carbocycles. The molecule has 0 bridgehead atoms. The molecular weight excluding hydrogens is 380 g/mol. The summed E-state index contributed by atoms with van der Waals surface area (Å²) in [5.41, 5.74) is 3.72. The summed E-state index contributed by atoms with van der Waals surface area (Å²) in [7, 11) is 0. The van der Waals surface area contributed by atoms with Gasteiger partial charge in [-0.05, 0) is 44.9 Å². The van der Waals surface area contributed by atoms with E-state index in [1.165, 1.54) is 11.8 Å². The van der Waals surface area contributed by atoms with Crippen molar-refractivity contribution in [3.8, 4) is 5.69 Å². The van der Waals surface area contributed by atoms with Crippen LogP contribution in [-0.2, 0) is 0 Å². The summed E-state index contributed by atoms with van der Waals surface area (Å²) in [5.74, 6) is 1.58. The number of carbonyl (C=O) groups is 1. The van der Waals surface area contributed by atoms with Crippen molar-refractivity contribution in [1.29, 1.82) is 0 Å². The first-order chi connectivity index (χ1) is 14.1. The predicted octanol–water partition coefficient (Wildman–Crippen LogP) is 5.30. The topological polar surface area (TPSA) is 63.6 Å². The predicted molar refractivity (Wildman–Crippen MR) is 116 cm³/mol. The SMILES string of the molecule is Cc1[nH]c2ccccc2c1C(=O)[C@@H](C)Sc1nnc(C2CC2)n1-c1ccccc1. The van der Waals surface area contributed by atoms with Crippen molar-refractivity contribution in [2.24, 2.45) is 0 Å². The van der Waals surface area contributed by atoms with Gasteiger partial charge in [-0.1, -0.05) is 48.2 Å². The van der Waals surface area contributed by atoms with Gasteiger partial charge >= 0.3 is 0 Å². The third-order valence-electron chi connectivity index (χ3n) is 5.41. The third-order valence-corrected chi connectivity index (χ3v) is 6.45. The molecule has 2 heterocycles. The highest BCUT2D eigenvalue weighted by Gasteiger charge is 2.32. The summed E-state index contributed by atoms with van der Waals surface area (Å²) in [6.45, 7) is 3.91. The molecule has 4 aromatic rings. The Balaban J connectivity index is 1.49. The first-order valence-corrected chi connectivity index (χ1v) is 10.8. The lowest BCUT2D eigenvalue weighted by Crippen LogP contribution is -2.15. The highest BCUT2D eigenvalue weighted by Crippen LogP contribution is 2.41. The van der Waals surface area contributed by atoms with Crippen LogP contribution in [0.25, 0.3) is 16.6 Å². The van der Waals surface area contributed by atoms with E-state index < -0.39 is 0 Å². The maximum Gasteiger partial charge on any atom is 0.196 e. The number of carbonyl (C=O) groups excluding carboxylic acids is 1. The zero-order chi connectivity index (χ0) is 20.0. The minimum Gasteiger partial charge on any atom is -0.358 e. The largest absolute Gasteiger partial charge is 0.358 e. The fraction of sp³-hybridized carbons (Fsp3) is 0.261. The van der Waals surface area contributed by atoms with Crippen LogP contribution in [0.3, 0.4) is 0 Å². The molecule has 1 saturated carbocycles. The van der Waals surface area contributed by atoms with Crippen LogP contribution in [0.1, 0.15) is 47.6 Å². The van der Waals surface area contributed by atoms with Gasteiger partial charge in [0.15, 0.2) is 10.9 Å². The maximum atomic E-state index is 13.3. The molecule has 0 aliphatic heterocycles. The second-order valence-corrected chi connectivity index (χ2v) is 8.89. The Hall–Kier alpha value is -2.86. The van der Waals surface area contributed by atoms with Gasteiger partial charge in [-0.2, -0.15) is 0 Å². The first kappa shape index (κ1) is 18.2. The molecule has 6 heteroatoms. The Bertz CT molecular complexity index is 1190. The van der Waals surface area contributed by atoms with Crippen LogP contribution in [-0.4, -0.2) is 30.8 Å². The molecule has 2 aromatic heterocycles. The standard InChI is InChI=1S/C23H22N4OS/c1-14-20(18-10-6-7-11-19(18)24-14)21(28)15(2)29-23-26-25-22(16-12-13-16)27(23)17-8-4-3-5-9-17/h3-11,15-16,24H,12-13H2,1-2H3/t15-/m1/s1. The Kier molecular flexibility index (Phi) is 4.51. The lowest BCUT2D eigenvalue weighted by Gasteiger charge is -2.13. The van der Waals surface area contributed by atoms with E-state index >= 15 is 0 Å². The van der Waals surface area contributed by atoms with E-state index in [1.807, 2.05) is 56.3 Å². The molecule has 1 N–H and O–H groups in total. The first-order valence-electron chi connectivity index (χ1n) is 9.92. The lowest BCUT2D eigenvalue weighted by molar-refractivity contribution is 0.0995. The minimum absolute atomic E-state index is 0.112. The van der Waals surface area contributed by atoms with Gasteiger partial charge < -0.3 is 4.98 Å². The number of aromatic nitrogens is 4. The number of ketones is 1. The monoisotopic (exact) mass is 402 g/mol. The van der Waals surface area contributed by atoms with Gasteiger partial charge in [-0.25, -0.2) is 0 Å². The molecule has 1 fully saturated rings. The summed E-state index contributed by atoms with van der Waals surface area (Å²) >= 11 is 1.48. The van der Waals surface area contributed by atoms with Gasteiger partial charge in [0.05, 0.1) is 5.25 Å². The third kappa shape index (κ3) is 3.27. The molecule has 0 amide bonds. The molecule has 0 spiro atoms. The molecule has 0 radical (unpaired) electrons. The summed E-state index contributed by atoms with van der Waals surface area (Å²) in [6.07, 6.45) is 2.30. The fourth-order valence-electron chi connectivity index (χ4n) is 3.79. The van der Waals surface area contributed by atoms with Crippen molar-refractivity contribution < 1.29 is 4.79 Å². The second kappa shape index (κ2) is 7.19. The number of hydrogen-bond acceptors (Lipinski definition) is 4. The number of hydrogen-bond donors (Lipinski definition) is 1. The molecule has 2 aromatic carbocycles. The number of thioether (sulfide) groups is 1. The van der Waals surface area contributed by atoms with Crippen molar-refractivity contribution in [1.82, 2.24) is 19.7 Å². The van der Waals surface area contributed by atoms with Gasteiger partial charge in [-0.15, -0.1) is 10.2 Å². The molecule has 29 heavy (non-hydrogen) atoms. The summed E-state index contributed by atoms with van der Waals surface area (Å²) in [4.78, 5) is 16.7. The van der Waals surface area contributed by atoms with Crippen molar-refractivity contribution in [3.63, 3.8) is 0 Å². The van der Waals surface area contributed by atoms with Gasteiger partial charge in [0, 0.05) is 33.8 Å². The van der Waals surface area contributed by atoms with Crippen LogP contribution in [0.2, 0.25) is 0 Å². The van der Waals surface area contributed by atoms with Crippen LogP contribution in [0, 0.1) is 6.92 Å². The van der Waals surface area contributed by atoms with Gasteiger partial charge in [0.2, 0.25) is 0 Å². The quantitative estimate of drug-likeness (QED) is 0.351. The van der Waals surface area contributed by atoms with Gasteiger partial charge in [0.25, 0.3) is 0 Å². The van der Waals surface area contributed by atoms with Crippen molar-refractivity contribution >= 4 is 28.4 Å². The number of Topliss-reactive ketones (excluding diaryl/α,β-unsaturated/α-hetero) is 1. The van der Waals surface area contributed by atoms with Crippen molar-refractivity contribution in [3.05, 3.63) is 71.7 Å². The van der Waals surface area contributed by atoms with Crippen LogP contribution in [0.4, 0.5) is 0 Å². The zero-order valence-electron chi connectivity index (χ0n) is 16.4. The number of para-hydroxylation sites is 2. The van der Waals surface area contributed by atoms with Crippen molar-refractivity contribution in [2.75, 3.05) is 0 Å². The molecular formula is C23H22N4OS. The average Bonchev–Trinajstić information content (AvgIpc) is 3.41. The van der Waals surface area contributed by atoms with Gasteiger partial charge in [-0.3, -0.25) is 9.36 Å². The van der Waals surface area contributed by atoms with Gasteiger partial charge in [0.1, 0.15) is 5.82 Å². The van der Waals surface area contributed by atoms with E-state index in [2.05, 4.69) is 31.9 Å². The Morgan fingerprint density at radius 2 is 1.83 bits per heavy atom.